The lowest BCUT2D eigenvalue weighted by molar-refractivity contribution is 0.161. The number of aliphatic hydroxyl groups excluding tert-OH is 1. The number of nitrogens with one attached hydrogen (secondary N) is 1. The maximum Gasteiger partial charge on any atom is 0.160 e. The van der Waals surface area contributed by atoms with Gasteiger partial charge in [-0.25, -0.2) is 4.98 Å². The number of aromatic nitrogens is 4. The number of hydrogen-bond acceptors (Lipinski definition) is 5. The van der Waals surface area contributed by atoms with Crippen molar-refractivity contribution in [3.63, 3.8) is 0 Å². The van der Waals surface area contributed by atoms with Gasteiger partial charge in [0.15, 0.2) is 5.82 Å². The third kappa shape index (κ3) is 2.74. The molecule has 0 unspecified atom stereocenters. The van der Waals surface area contributed by atoms with Crippen molar-refractivity contribution < 1.29 is 5.11 Å². The van der Waals surface area contributed by atoms with Gasteiger partial charge in [0, 0.05) is 35.1 Å². The Kier molecular flexibility index (Phi) is 3.85. The number of imidazole rings is 1. The minimum absolute atomic E-state index is 0.461. The molecule has 1 atom stereocenters. The van der Waals surface area contributed by atoms with Gasteiger partial charge in [0.25, 0.3) is 0 Å². The highest BCUT2D eigenvalue weighted by Gasteiger charge is 2.18. The largest absolute Gasteiger partial charge is 0.386 e. The van der Waals surface area contributed by atoms with Crippen LogP contribution in [0.1, 0.15) is 16.7 Å². The van der Waals surface area contributed by atoms with Crippen LogP contribution in [0.5, 0.6) is 0 Å². The summed E-state index contributed by atoms with van der Waals surface area (Å²) in [5.74, 6) is 0.798. The minimum Gasteiger partial charge on any atom is -0.386 e. The molecule has 5 rings (SSSR count). The van der Waals surface area contributed by atoms with Gasteiger partial charge in [-0.15, -0.1) is 11.3 Å². The molecule has 4 heterocycles. The summed E-state index contributed by atoms with van der Waals surface area (Å²) < 4.78 is 5.21. The number of aliphatic hydroxyl groups is 1. The van der Waals surface area contributed by atoms with Crippen LogP contribution in [0.4, 0.5) is 0 Å². The van der Waals surface area contributed by atoms with Gasteiger partial charge in [-0.05, 0) is 23.6 Å². The molecule has 0 saturated heterocycles. The van der Waals surface area contributed by atoms with Crippen molar-refractivity contribution in [2.75, 3.05) is 6.54 Å². The van der Waals surface area contributed by atoms with E-state index in [9.17, 15) is 5.11 Å². The number of hydrogen-bond donors (Lipinski definition) is 2. The first kappa shape index (κ1) is 15.7. The van der Waals surface area contributed by atoms with Gasteiger partial charge < -0.3 is 15.0 Å². The highest BCUT2D eigenvalue weighted by Crippen LogP contribution is 2.31. The van der Waals surface area contributed by atoms with Crippen LogP contribution < -0.4 is 5.32 Å². The molecule has 132 valence electrons. The van der Waals surface area contributed by atoms with Crippen LogP contribution in [-0.4, -0.2) is 31.0 Å². The summed E-state index contributed by atoms with van der Waals surface area (Å²) in [5.41, 5.74) is 2.03. The number of benzene rings is 1. The van der Waals surface area contributed by atoms with Gasteiger partial charge in [-0.3, -0.25) is 4.68 Å². The zero-order valence-corrected chi connectivity index (χ0v) is 15.0. The van der Waals surface area contributed by atoms with Crippen LogP contribution >= 0.6 is 11.3 Å². The van der Waals surface area contributed by atoms with E-state index in [-0.39, 0.29) is 0 Å². The zero-order chi connectivity index (χ0) is 17.5. The van der Waals surface area contributed by atoms with Gasteiger partial charge >= 0.3 is 0 Å². The topological polar surface area (TPSA) is 67.9 Å². The lowest BCUT2D eigenvalue weighted by Crippen LogP contribution is -2.28. The quantitative estimate of drug-likeness (QED) is 0.584. The van der Waals surface area contributed by atoms with E-state index in [1.807, 2.05) is 27.6 Å². The summed E-state index contributed by atoms with van der Waals surface area (Å²) in [6.07, 6.45) is 3.10. The van der Waals surface area contributed by atoms with E-state index in [2.05, 4.69) is 39.7 Å². The lowest BCUT2D eigenvalue weighted by Gasteiger charge is -2.13. The molecule has 7 heteroatoms. The number of fused-ring (bicyclic) bond motifs is 2. The molecule has 0 spiro atoms. The molecule has 0 radical (unpaired) electrons. The van der Waals surface area contributed by atoms with Crippen molar-refractivity contribution in [1.82, 2.24) is 24.6 Å². The van der Waals surface area contributed by atoms with Gasteiger partial charge in [-0.1, -0.05) is 18.2 Å². The molecule has 1 aliphatic rings. The van der Waals surface area contributed by atoms with E-state index in [0.29, 0.717) is 6.54 Å². The molecule has 0 bridgehead atoms. The van der Waals surface area contributed by atoms with Crippen LogP contribution in [0.15, 0.2) is 48.8 Å². The monoisotopic (exact) mass is 365 g/mol. The second-order valence-corrected chi connectivity index (χ2v) is 7.64. The Morgan fingerprint density at radius 1 is 1.27 bits per heavy atom. The van der Waals surface area contributed by atoms with Crippen LogP contribution in [-0.2, 0) is 19.6 Å². The molecule has 4 aromatic rings. The van der Waals surface area contributed by atoms with E-state index in [1.165, 1.54) is 15.8 Å². The summed E-state index contributed by atoms with van der Waals surface area (Å²) in [4.78, 5) is 5.45. The summed E-state index contributed by atoms with van der Waals surface area (Å²) >= 11 is 1.64. The molecular weight excluding hydrogens is 346 g/mol. The molecule has 1 aromatic carbocycles. The van der Waals surface area contributed by atoms with E-state index in [0.717, 1.165) is 36.0 Å². The van der Waals surface area contributed by atoms with Gasteiger partial charge in [0.2, 0.25) is 0 Å². The fraction of sp³-hybridized carbons (Fsp3) is 0.263. The predicted octanol–water partition coefficient (Wildman–Crippen LogP) is 2.80. The lowest BCUT2D eigenvalue weighted by atomic mass is 10.2. The average Bonchev–Trinajstić information content (AvgIpc) is 3.38. The molecule has 0 fully saturated rings. The molecule has 0 amide bonds. The zero-order valence-electron chi connectivity index (χ0n) is 14.2. The average molecular weight is 365 g/mol. The molecule has 0 aliphatic carbocycles. The van der Waals surface area contributed by atoms with Crippen molar-refractivity contribution >= 4 is 21.4 Å². The Morgan fingerprint density at radius 2 is 2.19 bits per heavy atom. The molecular formula is C19H19N5OS. The molecule has 3 aromatic heterocycles. The Morgan fingerprint density at radius 3 is 3.08 bits per heavy atom. The van der Waals surface area contributed by atoms with Crippen molar-refractivity contribution in [1.29, 1.82) is 0 Å². The third-order valence-electron chi connectivity index (χ3n) is 4.76. The van der Waals surface area contributed by atoms with Crippen LogP contribution in [0.25, 0.3) is 21.6 Å². The van der Waals surface area contributed by atoms with Crippen LogP contribution in [0, 0.1) is 0 Å². The van der Waals surface area contributed by atoms with Crippen molar-refractivity contribution in [3.05, 3.63) is 59.4 Å². The third-order valence-corrected chi connectivity index (χ3v) is 5.97. The maximum atomic E-state index is 10.8. The van der Waals surface area contributed by atoms with E-state index < -0.39 is 6.10 Å². The summed E-state index contributed by atoms with van der Waals surface area (Å²) in [6.45, 7) is 3.11. The summed E-state index contributed by atoms with van der Waals surface area (Å²) in [5, 5.41) is 20.0. The standard InChI is InChI=1S/C19H19N5OS/c25-16(18-9-13-3-1-2-4-17(13)26-18)12-23-7-6-21-19(23)15-10-14-11-20-5-8-24(14)22-15/h1-4,6-7,9-10,16,20,25H,5,8,11-12H2/t16-/m1/s1. The number of rotatable bonds is 4. The van der Waals surface area contributed by atoms with E-state index >= 15 is 0 Å². The Hall–Kier alpha value is -2.48. The highest BCUT2D eigenvalue weighted by atomic mass is 32.1. The fourth-order valence-corrected chi connectivity index (χ4v) is 4.48. The first-order chi connectivity index (χ1) is 12.8. The first-order valence-corrected chi connectivity index (χ1v) is 9.55. The number of thiophene rings is 1. The minimum atomic E-state index is -0.570. The van der Waals surface area contributed by atoms with Crippen LogP contribution in [0.2, 0.25) is 0 Å². The fourth-order valence-electron chi connectivity index (χ4n) is 3.43. The Labute approximate surface area is 154 Å². The van der Waals surface area contributed by atoms with Gasteiger partial charge in [0.1, 0.15) is 11.8 Å². The molecule has 6 nitrogen and oxygen atoms in total. The van der Waals surface area contributed by atoms with E-state index in [4.69, 9.17) is 0 Å². The second kappa shape index (κ2) is 6.35. The van der Waals surface area contributed by atoms with Gasteiger partial charge in [-0.2, -0.15) is 5.10 Å². The normalized spacial score (nSPS) is 15.3. The smallest absolute Gasteiger partial charge is 0.160 e. The Bertz CT molecular complexity index is 1010. The van der Waals surface area contributed by atoms with Crippen LogP contribution in [0.3, 0.4) is 0 Å². The molecule has 26 heavy (non-hydrogen) atoms. The molecule has 2 N–H and O–H groups in total. The van der Waals surface area contributed by atoms with E-state index in [1.54, 1.807) is 17.5 Å². The first-order valence-electron chi connectivity index (χ1n) is 8.73. The Balaban J connectivity index is 1.43. The summed E-state index contributed by atoms with van der Waals surface area (Å²) in [6, 6.07) is 12.4. The van der Waals surface area contributed by atoms with Crippen molar-refractivity contribution in [3.8, 4) is 11.5 Å². The van der Waals surface area contributed by atoms with Crippen molar-refractivity contribution in [2.24, 2.45) is 0 Å². The summed E-state index contributed by atoms with van der Waals surface area (Å²) in [7, 11) is 0. The SMILES string of the molecule is O[C@H](Cn1ccnc1-c1cc2n(n1)CCNC2)c1cc2ccccc2s1. The second-order valence-electron chi connectivity index (χ2n) is 6.53. The number of nitrogens with zero attached hydrogens (tertiary/aromatic N) is 4. The molecule has 0 saturated carbocycles. The predicted molar refractivity (Wildman–Crippen MR) is 102 cm³/mol. The van der Waals surface area contributed by atoms with Crippen molar-refractivity contribution in [2.45, 2.75) is 25.7 Å². The van der Waals surface area contributed by atoms with Gasteiger partial charge in [0.05, 0.1) is 18.8 Å². The molecule has 1 aliphatic heterocycles. The maximum absolute atomic E-state index is 10.8. The highest BCUT2D eigenvalue weighted by molar-refractivity contribution is 7.19.